The van der Waals surface area contributed by atoms with Gasteiger partial charge in [0.2, 0.25) is 11.8 Å². The Balaban J connectivity index is 1.89. The van der Waals surface area contributed by atoms with E-state index in [0.29, 0.717) is 13.2 Å². The summed E-state index contributed by atoms with van der Waals surface area (Å²) < 4.78 is 5.31. The number of hydrogen-bond donors (Lipinski definition) is 1. The summed E-state index contributed by atoms with van der Waals surface area (Å²) >= 11 is 0. The van der Waals surface area contributed by atoms with E-state index < -0.39 is 0 Å². The summed E-state index contributed by atoms with van der Waals surface area (Å²) in [4.78, 5) is 28.4. The maximum atomic E-state index is 12.5. The van der Waals surface area contributed by atoms with Crippen molar-refractivity contribution in [2.24, 2.45) is 0 Å². The van der Waals surface area contributed by atoms with E-state index in [1.165, 1.54) is 4.90 Å². The summed E-state index contributed by atoms with van der Waals surface area (Å²) in [6.07, 6.45) is 0.847. The largest absolute Gasteiger partial charge is 0.379 e. The number of carbonyl (C=O) groups is 2. The molecule has 1 fully saturated rings. The quantitative estimate of drug-likeness (QED) is 0.854. The molecule has 1 atom stereocenters. The molecule has 1 aliphatic rings. The van der Waals surface area contributed by atoms with Crippen molar-refractivity contribution in [3.8, 4) is 0 Å². The Morgan fingerprint density at radius 1 is 1.29 bits per heavy atom. The van der Waals surface area contributed by atoms with Gasteiger partial charge in [-0.3, -0.25) is 14.5 Å². The van der Waals surface area contributed by atoms with Crippen LogP contribution in [0, 0.1) is 0 Å². The van der Waals surface area contributed by atoms with Crippen molar-refractivity contribution in [3.63, 3.8) is 0 Å². The van der Waals surface area contributed by atoms with Crippen molar-refractivity contribution in [2.45, 2.75) is 26.3 Å². The second-order valence-electron chi connectivity index (χ2n) is 6.08. The molecule has 0 aromatic heterocycles. The zero-order valence-corrected chi connectivity index (χ0v) is 14.7. The normalized spacial score (nSPS) is 16.5. The van der Waals surface area contributed by atoms with Crippen molar-refractivity contribution in [1.82, 2.24) is 9.80 Å². The lowest BCUT2D eigenvalue weighted by Crippen LogP contribution is -2.51. The van der Waals surface area contributed by atoms with Crippen LogP contribution in [0.3, 0.4) is 0 Å². The number of aryl methyl sites for hydroxylation is 1. The van der Waals surface area contributed by atoms with Gasteiger partial charge in [0, 0.05) is 25.8 Å². The molecule has 6 nitrogen and oxygen atoms in total. The Labute approximate surface area is 143 Å². The lowest BCUT2D eigenvalue weighted by molar-refractivity contribution is -0.139. The summed E-state index contributed by atoms with van der Waals surface area (Å²) in [5.41, 5.74) is 1.90. The van der Waals surface area contributed by atoms with E-state index in [-0.39, 0.29) is 24.4 Å². The highest BCUT2D eigenvalue weighted by atomic mass is 16.5. The number of benzene rings is 1. The molecule has 1 aliphatic heterocycles. The van der Waals surface area contributed by atoms with E-state index in [9.17, 15) is 9.59 Å². The highest BCUT2D eigenvalue weighted by molar-refractivity contribution is 5.95. The third kappa shape index (κ3) is 4.79. The minimum Gasteiger partial charge on any atom is -0.379 e. The van der Waals surface area contributed by atoms with Gasteiger partial charge in [-0.05, 0) is 25.0 Å². The molecule has 1 unspecified atom stereocenters. The number of para-hydroxylation sites is 1. The molecule has 0 aliphatic carbocycles. The molecular formula is C18H27N3O3. The summed E-state index contributed by atoms with van der Waals surface area (Å²) in [5.74, 6) is -0.225. The van der Waals surface area contributed by atoms with Crippen LogP contribution in [0.15, 0.2) is 24.3 Å². The number of morpholine rings is 1. The number of ether oxygens (including phenoxy) is 1. The predicted molar refractivity (Wildman–Crippen MR) is 93.9 cm³/mol. The third-order valence-corrected chi connectivity index (χ3v) is 4.38. The summed E-state index contributed by atoms with van der Waals surface area (Å²) in [5, 5.41) is 2.90. The summed E-state index contributed by atoms with van der Waals surface area (Å²) in [6.45, 7) is 6.77. The molecule has 0 radical (unpaired) electrons. The van der Waals surface area contributed by atoms with Gasteiger partial charge < -0.3 is 15.0 Å². The Kier molecular flexibility index (Phi) is 6.75. The second-order valence-corrected chi connectivity index (χ2v) is 6.08. The first kappa shape index (κ1) is 18.4. The fourth-order valence-electron chi connectivity index (χ4n) is 2.87. The average Bonchev–Trinajstić information content (AvgIpc) is 2.61. The van der Waals surface area contributed by atoms with Crippen molar-refractivity contribution in [3.05, 3.63) is 29.8 Å². The van der Waals surface area contributed by atoms with Crippen LogP contribution in [0.1, 0.15) is 19.4 Å². The van der Waals surface area contributed by atoms with Crippen molar-refractivity contribution < 1.29 is 14.3 Å². The minimum absolute atomic E-state index is 0.0455. The fourth-order valence-corrected chi connectivity index (χ4v) is 2.87. The molecule has 0 spiro atoms. The van der Waals surface area contributed by atoms with E-state index in [1.807, 2.05) is 38.1 Å². The number of nitrogens with one attached hydrogen (secondary N) is 1. The van der Waals surface area contributed by atoms with Crippen LogP contribution in [-0.2, 0) is 20.7 Å². The van der Waals surface area contributed by atoms with Crippen molar-refractivity contribution >= 4 is 17.5 Å². The van der Waals surface area contributed by atoms with Gasteiger partial charge in [0.05, 0.1) is 25.8 Å². The van der Waals surface area contributed by atoms with E-state index >= 15 is 0 Å². The molecule has 1 saturated heterocycles. The van der Waals surface area contributed by atoms with Crippen LogP contribution >= 0.6 is 0 Å². The molecule has 6 heteroatoms. The van der Waals surface area contributed by atoms with Gasteiger partial charge in [-0.2, -0.15) is 0 Å². The number of rotatable bonds is 6. The van der Waals surface area contributed by atoms with Crippen LogP contribution in [0.5, 0.6) is 0 Å². The lowest BCUT2D eigenvalue weighted by atomic mass is 10.1. The number of anilines is 1. The van der Waals surface area contributed by atoms with E-state index in [2.05, 4.69) is 10.2 Å². The standard InChI is InChI=1S/C18H27N3O3/c1-4-15-7-5-6-8-16(15)19-17(22)13-20(3)18(23)14(2)21-9-11-24-12-10-21/h5-8,14H,4,9-13H2,1-3H3,(H,19,22). The molecule has 2 amide bonds. The van der Waals surface area contributed by atoms with Crippen molar-refractivity contribution in [2.75, 3.05) is 45.2 Å². The molecule has 24 heavy (non-hydrogen) atoms. The monoisotopic (exact) mass is 333 g/mol. The van der Waals surface area contributed by atoms with Gasteiger partial charge >= 0.3 is 0 Å². The Bertz CT molecular complexity index is 570. The van der Waals surface area contributed by atoms with E-state index in [4.69, 9.17) is 4.74 Å². The molecule has 0 bridgehead atoms. The molecule has 1 aromatic rings. The number of nitrogens with zero attached hydrogens (tertiary/aromatic N) is 2. The highest BCUT2D eigenvalue weighted by Gasteiger charge is 2.26. The van der Waals surface area contributed by atoms with Crippen LogP contribution in [-0.4, -0.2) is 67.6 Å². The molecule has 1 heterocycles. The van der Waals surface area contributed by atoms with Gasteiger partial charge in [0.25, 0.3) is 0 Å². The van der Waals surface area contributed by atoms with Gasteiger partial charge in [-0.15, -0.1) is 0 Å². The topological polar surface area (TPSA) is 61.9 Å². The second kappa shape index (κ2) is 8.80. The molecule has 1 aromatic carbocycles. The summed E-state index contributed by atoms with van der Waals surface area (Å²) in [7, 11) is 1.67. The first-order chi connectivity index (χ1) is 11.5. The van der Waals surface area contributed by atoms with Gasteiger partial charge in [-0.25, -0.2) is 0 Å². The smallest absolute Gasteiger partial charge is 0.243 e. The number of hydrogen-bond acceptors (Lipinski definition) is 4. The maximum Gasteiger partial charge on any atom is 0.243 e. The Hall–Kier alpha value is -1.92. The first-order valence-electron chi connectivity index (χ1n) is 8.47. The number of amides is 2. The van der Waals surface area contributed by atoms with Gasteiger partial charge in [0.1, 0.15) is 0 Å². The molecule has 2 rings (SSSR count). The number of carbonyl (C=O) groups excluding carboxylic acids is 2. The fraction of sp³-hybridized carbons (Fsp3) is 0.556. The van der Waals surface area contributed by atoms with Crippen LogP contribution in [0.25, 0.3) is 0 Å². The zero-order valence-electron chi connectivity index (χ0n) is 14.7. The molecule has 0 saturated carbocycles. The molecule has 132 valence electrons. The Morgan fingerprint density at radius 3 is 2.62 bits per heavy atom. The minimum atomic E-state index is -0.241. The van der Waals surface area contributed by atoms with Crippen LogP contribution < -0.4 is 5.32 Å². The zero-order chi connectivity index (χ0) is 17.5. The molecular weight excluding hydrogens is 306 g/mol. The average molecular weight is 333 g/mol. The van der Waals surface area contributed by atoms with Crippen molar-refractivity contribution in [1.29, 1.82) is 0 Å². The van der Waals surface area contributed by atoms with Crippen LogP contribution in [0.4, 0.5) is 5.69 Å². The van der Waals surface area contributed by atoms with E-state index in [0.717, 1.165) is 30.8 Å². The number of likely N-dealkylation sites (N-methyl/N-ethyl adjacent to an activating group) is 1. The van der Waals surface area contributed by atoms with Gasteiger partial charge in [0.15, 0.2) is 0 Å². The SMILES string of the molecule is CCc1ccccc1NC(=O)CN(C)C(=O)C(C)N1CCOCC1. The van der Waals surface area contributed by atoms with Gasteiger partial charge in [-0.1, -0.05) is 25.1 Å². The van der Waals surface area contributed by atoms with E-state index in [1.54, 1.807) is 7.05 Å². The summed E-state index contributed by atoms with van der Waals surface area (Å²) in [6, 6.07) is 7.48. The lowest BCUT2D eigenvalue weighted by Gasteiger charge is -2.33. The van der Waals surface area contributed by atoms with Crippen LogP contribution in [0.2, 0.25) is 0 Å². The highest BCUT2D eigenvalue weighted by Crippen LogP contribution is 2.15. The maximum absolute atomic E-state index is 12.5. The Morgan fingerprint density at radius 2 is 1.96 bits per heavy atom. The predicted octanol–water partition coefficient (Wildman–Crippen LogP) is 1.37. The first-order valence-corrected chi connectivity index (χ1v) is 8.47. The third-order valence-electron chi connectivity index (χ3n) is 4.38. The molecule has 1 N–H and O–H groups in total.